The molecule has 0 saturated carbocycles. The van der Waals surface area contributed by atoms with Crippen LogP contribution in [0.1, 0.15) is 12.0 Å². The number of benzene rings is 1. The van der Waals surface area contributed by atoms with Crippen molar-refractivity contribution in [3.8, 4) is 0 Å². The number of quaternary nitrogens is 2. The molecule has 2 N–H and O–H groups in total. The summed E-state index contributed by atoms with van der Waals surface area (Å²) in [6, 6.07) is 5.09. The largest absolute Gasteiger partial charge is 0.328 e. The first kappa shape index (κ1) is 15.5. The molecule has 2 fully saturated rings. The molecule has 0 spiro atoms. The number of carbonyl (C=O) groups excluding carboxylic acids is 2. The van der Waals surface area contributed by atoms with Gasteiger partial charge in [-0.15, -0.1) is 0 Å². The summed E-state index contributed by atoms with van der Waals surface area (Å²) in [7, 11) is 2.17. The second kappa shape index (κ2) is 5.99. The summed E-state index contributed by atoms with van der Waals surface area (Å²) in [5.41, 5.74) is 1.52. The van der Waals surface area contributed by atoms with Crippen molar-refractivity contribution in [1.29, 1.82) is 0 Å². The number of amides is 2. The number of nitrogens with zero attached hydrogens (tertiary/aromatic N) is 1. The number of likely N-dealkylation sites (N-methyl/N-ethyl adjacent to an activating group) is 1. The van der Waals surface area contributed by atoms with Gasteiger partial charge in [0, 0.05) is 5.02 Å². The van der Waals surface area contributed by atoms with Crippen LogP contribution in [0.4, 0.5) is 5.69 Å². The van der Waals surface area contributed by atoms with E-state index in [-0.39, 0.29) is 17.9 Å². The van der Waals surface area contributed by atoms with Crippen LogP contribution in [0, 0.1) is 6.92 Å². The van der Waals surface area contributed by atoms with E-state index in [0.717, 1.165) is 31.7 Å². The van der Waals surface area contributed by atoms with E-state index in [0.29, 0.717) is 17.1 Å². The number of rotatable bonds is 2. The lowest BCUT2D eigenvalue weighted by atomic mass is 10.1. The summed E-state index contributed by atoms with van der Waals surface area (Å²) in [5.74, 6) is -0.191. The minimum absolute atomic E-state index is 0.0788. The van der Waals surface area contributed by atoms with Gasteiger partial charge in [-0.1, -0.05) is 17.7 Å². The Morgan fingerprint density at radius 1 is 1.18 bits per heavy atom. The third kappa shape index (κ3) is 2.76. The van der Waals surface area contributed by atoms with Gasteiger partial charge in [-0.25, -0.2) is 4.90 Å². The van der Waals surface area contributed by atoms with Gasteiger partial charge in [0.1, 0.15) is 26.2 Å². The van der Waals surface area contributed by atoms with Crippen LogP contribution in [-0.4, -0.2) is 51.1 Å². The predicted octanol–water partition coefficient (Wildman–Crippen LogP) is -1.31. The van der Waals surface area contributed by atoms with Crippen molar-refractivity contribution in [2.75, 3.05) is 38.1 Å². The number of carbonyl (C=O) groups is 2. The quantitative estimate of drug-likeness (QED) is 0.664. The van der Waals surface area contributed by atoms with Crippen molar-refractivity contribution in [2.24, 2.45) is 0 Å². The average Bonchev–Trinajstić information content (AvgIpc) is 2.78. The third-order valence-corrected chi connectivity index (χ3v) is 5.03. The van der Waals surface area contributed by atoms with Gasteiger partial charge in [0.15, 0.2) is 6.04 Å². The zero-order valence-corrected chi connectivity index (χ0v) is 13.7. The van der Waals surface area contributed by atoms with Crippen LogP contribution < -0.4 is 14.7 Å². The summed E-state index contributed by atoms with van der Waals surface area (Å²) >= 11 is 6.03. The van der Waals surface area contributed by atoms with Gasteiger partial charge < -0.3 is 9.80 Å². The molecule has 1 aromatic rings. The van der Waals surface area contributed by atoms with Crippen molar-refractivity contribution in [1.82, 2.24) is 0 Å². The van der Waals surface area contributed by atoms with E-state index in [1.54, 1.807) is 12.1 Å². The van der Waals surface area contributed by atoms with Crippen LogP contribution in [0.15, 0.2) is 18.2 Å². The fourth-order valence-electron chi connectivity index (χ4n) is 3.37. The number of hydrogen-bond acceptors (Lipinski definition) is 2. The second-order valence-corrected chi connectivity index (χ2v) is 6.81. The Morgan fingerprint density at radius 2 is 1.86 bits per heavy atom. The first-order valence-corrected chi connectivity index (χ1v) is 8.14. The molecular formula is C16H22ClN3O2+2. The molecule has 1 aromatic carbocycles. The van der Waals surface area contributed by atoms with Crippen molar-refractivity contribution < 1.29 is 19.4 Å². The molecule has 0 aliphatic carbocycles. The molecule has 2 aliphatic heterocycles. The van der Waals surface area contributed by atoms with Crippen LogP contribution in [0.5, 0.6) is 0 Å². The van der Waals surface area contributed by atoms with Gasteiger partial charge in [0.25, 0.3) is 5.91 Å². The Labute approximate surface area is 135 Å². The maximum absolute atomic E-state index is 12.8. The summed E-state index contributed by atoms with van der Waals surface area (Å²) in [6.45, 7) is 5.87. The topological polar surface area (TPSA) is 46.3 Å². The molecule has 0 radical (unpaired) electrons. The molecule has 2 saturated heterocycles. The molecule has 2 heterocycles. The summed E-state index contributed by atoms with van der Waals surface area (Å²) in [4.78, 5) is 29.3. The normalized spacial score (nSPS) is 29.2. The van der Waals surface area contributed by atoms with E-state index in [4.69, 9.17) is 11.6 Å². The molecule has 3 rings (SSSR count). The smallest absolute Gasteiger partial charge is 0.292 e. The fourth-order valence-corrected chi connectivity index (χ4v) is 3.54. The fraction of sp³-hybridized carbons (Fsp3) is 0.500. The number of anilines is 1. The standard InChI is InChI=1S/C16H20ClN3O2/c1-11-3-4-12(17)9-13(11)20-15(21)10-14(16(20)22)19-7-5-18(2)6-8-19/h3-4,9,14H,5-8,10H2,1-2H3/p+2/t14-/m1/s1. The second-order valence-electron chi connectivity index (χ2n) is 6.37. The number of aryl methyl sites for hydroxylation is 1. The lowest BCUT2D eigenvalue weighted by molar-refractivity contribution is -1.01. The van der Waals surface area contributed by atoms with E-state index < -0.39 is 0 Å². The summed E-state index contributed by atoms with van der Waals surface area (Å²) in [6.07, 6.45) is 0.305. The zero-order valence-electron chi connectivity index (χ0n) is 13.0. The molecule has 0 bridgehead atoms. The molecule has 118 valence electrons. The van der Waals surface area contributed by atoms with E-state index in [2.05, 4.69) is 7.05 Å². The molecule has 22 heavy (non-hydrogen) atoms. The number of hydrogen-bond donors (Lipinski definition) is 2. The molecule has 2 amide bonds. The van der Waals surface area contributed by atoms with Gasteiger partial charge in [-0.3, -0.25) is 9.59 Å². The highest BCUT2D eigenvalue weighted by Crippen LogP contribution is 2.28. The first-order valence-electron chi connectivity index (χ1n) is 7.76. The Morgan fingerprint density at radius 3 is 2.55 bits per heavy atom. The van der Waals surface area contributed by atoms with Gasteiger partial charge in [-0.2, -0.15) is 0 Å². The van der Waals surface area contributed by atoms with E-state index >= 15 is 0 Å². The van der Waals surface area contributed by atoms with E-state index in [1.807, 2.05) is 13.0 Å². The Bertz CT molecular complexity index is 611. The highest BCUT2D eigenvalue weighted by Gasteiger charge is 2.47. The molecule has 2 aliphatic rings. The lowest BCUT2D eigenvalue weighted by Gasteiger charge is -2.30. The number of imide groups is 1. The lowest BCUT2D eigenvalue weighted by Crippen LogP contribution is -3.29. The van der Waals surface area contributed by atoms with Crippen molar-refractivity contribution in [3.63, 3.8) is 0 Å². The van der Waals surface area contributed by atoms with Crippen LogP contribution >= 0.6 is 11.6 Å². The van der Waals surface area contributed by atoms with Crippen LogP contribution in [-0.2, 0) is 9.59 Å². The maximum Gasteiger partial charge on any atom is 0.292 e. The molecule has 1 atom stereocenters. The number of nitrogens with one attached hydrogen (secondary N) is 2. The van der Waals surface area contributed by atoms with Crippen LogP contribution in [0.3, 0.4) is 0 Å². The minimum Gasteiger partial charge on any atom is -0.328 e. The first-order chi connectivity index (χ1) is 10.5. The van der Waals surface area contributed by atoms with Crippen LogP contribution in [0.25, 0.3) is 0 Å². The van der Waals surface area contributed by atoms with Crippen molar-refractivity contribution in [2.45, 2.75) is 19.4 Å². The van der Waals surface area contributed by atoms with Crippen molar-refractivity contribution >= 4 is 29.1 Å². The maximum atomic E-state index is 12.8. The number of piperazine rings is 1. The van der Waals surface area contributed by atoms with E-state index in [1.165, 1.54) is 14.7 Å². The third-order valence-electron chi connectivity index (χ3n) is 4.80. The molecule has 0 aromatic heterocycles. The van der Waals surface area contributed by atoms with Gasteiger partial charge in [-0.05, 0) is 24.6 Å². The Balaban J connectivity index is 1.84. The highest BCUT2D eigenvalue weighted by molar-refractivity contribution is 6.31. The number of halogens is 1. The van der Waals surface area contributed by atoms with E-state index in [9.17, 15) is 9.59 Å². The Hall–Kier alpha value is -1.43. The Kier molecular flexibility index (Phi) is 4.21. The van der Waals surface area contributed by atoms with Gasteiger partial charge in [0.05, 0.1) is 19.2 Å². The molecule has 6 heteroatoms. The monoisotopic (exact) mass is 323 g/mol. The molecule has 0 unspecified atom stereocenters. The highest BCUT2D eigenvalue weighted by atomic mass is 35.5. The van der Waals surface area contributed by atoms with Crippen LogP contribution in [0.2, 0.25) is 5.02 Å². The molecule has 5 nitrogen and oxygen atoms in total. The SMILES string of the molecule is Cc1ccc(Cl)cc1N1C(=O)C[C@@H]([NH+]2CC[NH+](C)CC2)C1=O. The van der Waals surface area contributed by atoms with Crippen molar-refractivity contribution in [3.05, 3.63) is 28.8 Å². The average molecular weight is 324 g/mol. The van der Waals surface area contributed by atoms with Gasteiger partial charge >= 0.3 is 0 Å². The minimum atomic E-state index is -0.237. The van der Waals surface area contributed by atoms with Gasteiger partial charge in [0.2, 0.25) is 5.91 Å². The molecular weight excluding hydrogens is 302 g/mol. The summed E-state index contributed by atoms with van der Waals surface area (Å²) in [5, 5.41) is 0.542. The predicted molar refractivity (Wildman–Crippen MR) is 84.4 cm³/mol. The summed E-state index contributed by atoms with van der Waals surface area (Å²) < 4.78 is 0. The zero-order chi connectivity index (χ0) is 15.9.